The van der Waals surface area contributed by atoms with E-state index in [0.717, 1.165) is 34.6 Å². The molecule has 0 bridgehead atoms. The van der Waals surface area contributed by atoms with Gasteiger partial charge in [0.15, 0.2) is 5.13 Å². The maximum absolute atomic E-state index is 12.8. The summed E-state index contributed by atoms with van der Waals surface area (Å²) in [6, 6.07) is 6.09. The van der Waals surface area contributed by atoms with Crippen molar-refractivity contribution >= 4 is 34.0 Å². The van der Waals surface area contributed by atoms with Crippen LogP contribution in [0.15, 0.2) is 23.6 Å². The third-order valence-corrected chi connectivity index (χ3v) is 5.82. The molecule has 0 atom stereocenters. The highest BCUT2D eigenvalue weighted by molar-refractivity contribution is 7.14. The van der Waals surface area contributed by atoms with Crippen LogP contribution in [0, 0.1) is 13.8 Å². The molecule has 0 radical (unpaired) electrons. The highest BCUT2D eigenvalue weighted by Gasteiger charge is 2.21. The Kier molecular flexibility index (Phi) is 4.96. The van der Waals surface area contributed by atoms with E-state index in [1.807, 2.05) is 49.9 Å². The summed E-state index contributed by atoms with van der Waals surface area (Å²) in [7, 11) is 0. The van der Waals surface area contributed by atoms with E-state index in [0.29, 0.717) is 22.8 Å². The van der Waals surface area contributed by atoms with E-state index in [9.17, 15) is 9.59 Å². The first kappa shape index (κ1) is 19.3. The maximum Gasteiger partial charge on any atom is 0.261 e. The van der Waals surface area contributed by atoms with Crippen LogP contribution in [0.2, 0.25) is 0 Å². The number of carbonyl (C=O) groups excluding carboxylic acids is 2. The number of amides is 2. The minimum Gasteiger partial charge on any atom is -0.326 e. The number of carbonyl (C=O) groups is 2. The molecule has 2 aromatic heterocycles. The molecule has 0 spiro atoms. The Balaban J connectivity index is 1.55. The van der Waals surface area contributed by atoms with Gasteiger partial charge in [-0.1, -0.05) is 6.07 Å². The monoisotopic (exact) mass is 409 g/mol. The first-order chi connectivity index (χ1) is 13.8. The lowest BCUT2D eigenvalue weighted by molar-refractivity contribution is -0.116. The van der Waals surface area contributed by atoms with Crippen molar-refractivity contribution in [2.75, 3.05) is 10.6 Å². The molecule has 0 unspecified atom stereocenters. The number of rotatable bonds is 4. The number of nitrogens with one attached hydrogen (secondary N) is 2. The molecule has 4 rings (SSSR count). The van der Waals surface area contributed by atoms with Gasteiger partial charge in [0.2, 0.25) is 5.91 Å². The Bertz CT molecular complexity index is 1110. The third kappa shape index (κ3) is 3.67. The van der Waals surface area contributed by atoms with Crippen molar-refractivity contribution in [2.45, 2.75) is 46.6 Å². The number of hydrogen-bond donors (Lipinski definition) is 2. The summed E-state index contributed by atoms with van der Waals surface area (Å²) in [5, 5.41) is 12.8. The summed E-state index contributed by atoms with van der Waals surface area (Å²) >= 11 is 1.39. The molecule has 1 aliphatic heterocycles. The summed E-state index contributed by atoms with van der Waals surface area (Å²) in [4.78, 5) is 28.9. The summed E-state index contributed by atoms with van der Waals surface area (Å²) in [6.07, 6.45) is 1.22. The average molecular weight is 410 g/mol. The molecule has 0 saturated carbocycles. The zero-order valence-corrected chi connectivity index (χ0v) is 17.7. The van der Waals surface area contributed by atoms with Crippen LogP contribution in [0.1, 0.15) is 53.6 Å². The van der Waals surface area contributed by atoms with E-state index in [2.05, 4.69) is 26.8 Å². The molecule has 2 amide bonds. The van der Waals surface area contributed by atoms with Crippen molar-refractivity contribution in [3.63, 3.8) is 0 Å². The van der Waals surface area contributed by atoms with Gasteiger partial charge >= 0.3 is 0 Å². The van der Waals surface area contributed by atoms with Crippen LogP contribution in [0.5, 0.6) is 0 Å². The Morgan fingerprint density at radius 1 is 1.28 bits per heavy atom. The van der Waals surface area contributed by atoms with Crippen LogP contribution in [-0.2, 0) is 11.2 Å². The van der Waals surface area contributed by atoms with Gasteiger partial charge in [0.1, 0.15) is 0 Å². The number of benzene rings is 1. The van der Waals surface area contributed by atoms with Gasteiger partial charge in [-0.3, -0.25) is 19.6 Å². The largest absolute Gasteiger partial charge is 0.326 e. The smallest absolute Gasteiger partial charge is 0.261 e. The second kappa shape index (κ2) is 7.44. The van der Waals surface area contributed by atoms with Crippen LogP contribution < -0.4 is 10.6 Å². The summed E-state index contributed by atoms with van der Waals surface area (Å²) in [5.41, 5.74) is 5.90. The average Bonchev–Trinajstić information content (AvgIpc) is 3.25. The van der Waals surface area contributed by atoms with Crippen molar-refractivity contribution in [1.82, 2.24) is 14.8 Å². The minimum atomic E-state index is -0.194. The predicted molar refractivity (Wildman–Crippen MR) is 115 cm³/mol. The molecule has 29 heavy (non-hydrogen) atoms. The Morgan fingerprint density at radius 2 is 2.07 bits per heavy atom. The number of thiazole rings is 1. The molecule has 0 saturated heterocycles. The quantitative estimate of drug-likeness (QED) is 0.671. The molecule has 3 heterocycles. The standard InChI is InChI=1S/C21H23N5O2S/c1-11(2)26-13(4)19(12(3)25-26)20(28)24-21-23-17(10-29-21)15-5-7-16-14(9-15)6-8-18(27)22-16/h5,7,9-11H,6,8H2,1-4H3,(H,22,27)(H,23,24,28). The molecule has 8 heteroatoms. The normalized spacial score (nSPS) is 13.3. The van der Waals surface area contributed by atoms with E-state index in [1.54, 1.807) is 0 Å². The van der Waals surface area contributed by atoms with Gasteiger partial charge in [-0.15, -0.1) is 11.3 Å². The van der Waals surface area contributed by atoms with Gasteiger partial charge in [0, 0.05) is 34.8 Å². The lowest BCUT2D eigenvalue weighted by Gasteiger charge is -2.17. The van der Waals surface area contributed by atoms with Gasteiger partial charge in [-0.2, -0.15) is 5.10 Å². The van der Waals surface area contributed by atoms with Gasteiger partial charge in [0.25, 0.3) is 5.91 Å². The molecule has 1 aromatic carbocycles. The van der Waals surface area contributed by atoms with Crippen LogP contribution in [0.3, 0.4) is 0 Å². The van der Waals surface area contributed by atoms with Crippen molar-refractivity contribution in [3.8, 4) is 11.3 Å². The zero-order chi connectivity index (χ0) is 20.7. The number of aryl methyl sites for hydroxylation is 2. The summed E-state index contributed by atoms with van der Waals surface area (Å²) in [6.45, 7) is 7.84. The summed E-state index contributed by atoms with van der Waals surface area (Å²) in [5.74, 6) is -0.142. The van der Waals surface area contributed by atoms with Crippen molar-refractivity contribution < 1.29 is 9.59 Å². The van der Waals surface area contributed by atoms with Gasteiger partial charge < -0.3 is 5.32 Å². The lowest BCUT2D eigenvalue weighted by Crippen LogP contribution is -2.18. The Morgan fingerprint density at radius 3 is 2.79 bits per heavy atom. The second-order valence-corrected chi connectivity index (χ2v) is 8.35. The SMILES string of the molecule is Cc1nn(C(C)C)c(C)c1C(=O)Nc1nc(-c2ccc3c(c2)CCC(=O)N3)cs1. The van der Waals surface area contributed by atoms with E-state index in [4.69, 9.17) is 0 Å². The Hall–Kier alpha value is -3.00. The molecule has 2 N–H and O–H groups in total. The number of anilines is 2. The van der Waals surface area contributed by atoms with E-state index >= 15 is 0 Å². The molecule has 0 aliphatic carbocycles. The molecule has 7 nitrogen and oxygen atoms in total. The van der Waals surface area contributed by atoms with E-state index < -0.39 is 0 Å². The van der Waals surface area contributed by atoms with Crippen LogP contribution in [0.25, 0.3) is 11.3 Å². The maximum atomic E-state index is 12.8. The van der Waals surface area contributed by atoms with E-state index in [1.165, 1.54) is 11.3 Å². The zero-order valence-electron chi connectivity index (χ0n) is 16.9. The van der Waals surface area contributed by atoms with Crippen LogP contribution >= 0.6 is 11.3 Å². The van der Waals surface area contributed by atoms with Gasteiger partial charge in [0.05, 0.1) is 17.0 Å². The highest BCUT2D eigenvalue weighted by Crippen LogP contribution is 2.31. The fourth-order valence-electron chi connectivity index (χ4n) is 3.66. The Labute approximate surface area is 173 Å². The topological polar surface area (TPSA) is 88.9 Å². The van der Waals surface area contributed by atoms with Crippen LogP contribution in [0.4, 0.5) is 10.8 Å². The molecule has 3 aromatic rings. The number of nitrogens with zero attached hydrogens (tertiary/aromatic N) is 3. The molecular formula is C21H23N5O2S. The van der Waals surface area contributed by atoms with E-state index in [-0.39, 0.29) is 17.9 Å². The lowest BCUT2D eigenvalue weighted by atomic mass is 9.99. The number of fused-ring (bicyclic) bond motifs is 1. The minimum absolute atomic E-state index is 0.0512. The molecule has 1 aliphatic rings. The third-order valence-electron chi connectivity index (χ3n) is 5.06. The van der Waals surface area contributed by atoms with Crippen molar-refractivity contribution in [1.29, 1.82) is 0 Å². The van der Waals surface area contributed by atoms with Crippen molar-refractivity contribution in [2.24, 2.45) is 0 Å². The molecule has 0 fully saturated rings. The highest BCUT2D eigenvalue weighted by atomic mass is 32.1. The fraction of sp³-hybridized carbons (Fsp3) is 0.333. The first-order valence-electron chi connectivity index (χ1n) is 9.59. The van der Waals surface area contributed by atoms with Gasteiger partial charge in [-0.05, 0) is 51.8 Å². The fourth-order valence-corrected chi connectivity index (χ4v) is 4.38. The van der Waals surface area contributed by atoms with Gasteiger partial charge in [-0.25, -0.2) is 4.98 Å². The van der Waals surface area contributed by atoms with Crippen molar-refractivity contribution in [3.05, 3.63) is 46.1 Å². The molecule has 150 valence electrons. The van der Waals surface area contributed by atoms with Crippen LogP contribution in [-0.4, -0.2) is 26.6 Å². The molecular weight excluding hydrogens is 386 g/mol. The summed E-state index contributed by atoms with van der Waals surface area (Å²) < 4.78 is 1.86. The predicted octanol–water partition coefficient (Wildman–Crippen LogP) is 4.34. The second-order valence-electron chi connectivity index (χ2n) is 7.50. The number of hydrogen-bond acceptors (Lipinski definition) is 5. The number of aromatic nitrogens is 3. The first-order valence-corrected chi connectivity index (χ1v) is 10.5.